The minimum atomic E-state index is -0.276. The number of nitrogens with one attached hydrogen (secondary N) is 1. The van der Waals surface area contributed by atoms with Crippen molar-refractivity contribution in [2.45, 2.75) is 0 Å². The lowest BCUT2D eigenvalue weighted by Gasteiger charge is -2.08. The predicted molar refractivity (Wildman–Crippen MR) is 79.9 cm³/mol. The van der Waals surface area contributed by atoms with E-state index in [-0.39, 0.29) is 5.82 Å². The van der Waals surface area contributed by atoms with Crippen LogP contribution in [0.4, 0.5) is 4.39 Å². The smallest absolute Gasteiger partial charge is 0.165 e. The molecule has 21 heavy (non-hydrogen) atoms. The van der Waals surface area contributed by atoms with Crippen molar-refractivity contribution in [3.8, 4) is 0 Å². The highest BCUT2D eigenvalue weighted by atomic mass is 19.1. The molecule has 0 amide bonds. The van der Waals surface area contributed by atoms with E-state index in [9.17, 15) is 4.39 Å². The van der Waals surface area contributed by atoms with E-state index in [0.717, 1.165) is 17.7 Å². The van der Waals surface area contributed by atoms with E-state index < -0.39 is 0 Å². The molecule has 1 N–H and O–H groups in total. The number of halogens is 1. The maximum absolute atomic E-state index is 13.1. The summed E-state index contributed by atoms with van der Waals surface area (Å²) in [7, 11) is 4.10. The zero-order chi connectivity index (χ0) is 15.1. The Morgan fingerprint density at radius 1 is 1.19 bits per heavy atom. The summed E-state index contributed by atoms with van der Waals surface area (Å²) in [6.45, 7) is 1.38. The summed E-state index contributed by atoms with van der Waals surface area (Å²) < 4.78 is 13.1. The van der Waals surface area contributed by atoms with E-state index in [1.54, 1.807) is 24.5 Å². The Bertz CT molecular complexity index is 582. The number of hydrogen-bond acceptors (Lipinski definition) is 3. The molecule has 0 atom stereocenters. The fourth-order valence-electron chi connectivity index (χ4n) is 1.74. The average Bonchev–Trinajstić information content (AvgIpc) is 2.49. The highest BCUT2D eigenvalue weighted by molar-refractivity contribution is 6.12. The Labute approximate surface area is 123 Å². The third kappa shape index (κ3) is 4.65. The molecule has 0 saturated heterocycles. The molecule has 0 radical (unpaired) electrons. The summed E-state index contributed by atoms with van der Waals surface area (Å²) in [6.07, 6.45) is 3.41. The maximum Gasteiger partial charge on any atom is 0.165 e. The van der Waals surface area contributed by atoms with Crippen LogP contribution < -0.4 is 4.90 Å². The van der Waals surface area contributed by atoms with Gasteiger partial charge in [-0.3, -0.25) is 4.98 Å². The molecule has 0 aliphatic rings. The molecule has 0 unspecified atom stereocenters. The van der Waals surface area contributed by atoms with Crippen LogP contribution in [0.3, 0.4) is 0 Å². The summed E-state index contributed by atoms with van der Waals surface area (Å²) in [5, 5.41) is 4.21. The summed E-state index contributed by atoms with van der Waals surface area (Å²) >= 11 is 0. The molecule has 5 heteroatoms. The number of pyridine rings is 1. The molecule has 110 valence electrons. The first-order chi connectivity index (χ1) is 10.2. The first-order valence-electron chi connectivity index (χ1n) is 6.82. The van der Waals surface area contributed by atoms with E-state index in [1.807, 2.05) is 12.1 Å². The normalized spacial score (nSPS) is 11.7. The lowest BCUT2D eigenvalue weighted by atomic mass is 10.0. The zero-order valence-corrected chi connectivity index (χ0v) is 12.2. The summed E-state index contributed by atoms with van der Waals surface area (Å²) in [5.41, 5.74) is 2.28. The molecule has 2 rings (SSSR count). The van der Waals surface area contributed by atoms with Crippen molar-refractivity contribution >= 4 is 5.71 Å². The SMILES string of the molecule is C[NH+](C)CCO/N=C(\c1ccc(F)cc1)c1cccnc1. The number of benzene rings is 1. The van der Waals surface area contributed by atoms with Gasteiger partial charge in [-0.1, -0.05) is 5.16 Å². The second-order valence-corrected chi connectivity index (χ2v) is 4.98. The predicted octanol–water partition coefficient (Wildman–Crippen LogP) is 1.13. The number of oxime groups is 1. The van der Waals surface area contributed by atoms with Gasteiger partial charge in [0.2, 0.25) is 0 Å². The third-order valence-electron chi connectivity index (χ3n) is 2.90. The summed E-state index contributed by atoms with van der Waals surface area (Å²) in [4.78, 5) is 10.8. The van der Waals surface area contributed by atoms with Crippen LogP contribution in [-0.4, -0.2) is 37.9 Å². The van der Waals surface area contributed by atoms with Crippen LogP contribution in [0.1, 0.15) is 11.1 Å². The van der Waals surface area contributed by atoms with Crippen LogP contribution in [0.5, 0.6) is 0 Å². The van der Waals surface area contributed by atoms with E-state index in [0.29, 0.717) is 12.3 Å². The number of likely N-dealkylation sites (N-methyl/N-ethyl adjacent to an activating group) is 1. The molecule has 0 bridgehead atoms. The van der Waals surface area contributed by atoms with Crippen LogP contribution in [0, 0.1) is 5.82 Å². The van der Waals surface area contributed by atoms with Crippen molar-refractivity contribution in [2.24, 2.45) is 5.16 Å². The fourth-order valence-corrected chi connectivity index (χ4v) is 1.74. The number of nitrogens with zero attached hydrogens (tertiary/aromatic N) is 2. The minimum Gasteiger partial charge on any atom is -0.389 e. The Hall–Kier alpha value is -2.27. The van der Waals surface area contributed by atoms with Gasteiger partial charge in [0.1, 0.15) is 18.1 Å². The number of rotatable bonds is 6. The standard InChI is InChI=1S/C16H18FN3O/c1-20(2)10-11-21-19-16(14-4-3-9-18-12-14)13-5-7-15(17)8-6-13/h3-9,12H,10-11H2,1-2H3/p+1/b19-16+. The molecular weight excluding hydrogens is 269 g/mol. The van der Waals surface area contributed by atoms with E-state index in [2.05, 4.69) is 24.2 Å². The quantitative estimate of drug-likeness (QED) is 0.492. The Morgan fingerprint density at radius 2 is 1.95 bits per heavy atom. The van der Waals surface area contributed by atoms with Crippen LogP contribution >= 0.6 is 0 Å². The van der Waals surface area contributed by atoms with Gasteiger partial charge in [0.15, 0.2) is 6.61 Å². The molecule has 0 aliphatic heterocycles. The van der Waals surface area contributed by atoms with Crippen molar-refractivity contribution in [3.63, 3.8) is 0 Å². The van der Waals surface area contributed by atoms with Crippen molar-refractivity contribution in [1.29, 1.82) is 0 Å². The zero-order valence-electron chi connectivity index (χ0n) is 12.2. The average molecular weight is 288 g/mol. The van der Waals surface area contributed by atoms with Crippen LogP contribution in [0.15, 0.2) is 53.9 Å². The van der Waals surface area contributed by atoms with Gasteiger partial charge in [0.05, 0.1) is 14.1 Å². The molecule has 1 aromatic heterocycles. The van der Waals surface area contributed by atoms with Crippen molar-refractivity contribution in [1.82, 2.24) is 4.98 Å². The molecule has 0 spiro atoms. The van der Waals surface area contributed by atoms with Crippen LogP contribution in [0.2, 0.25) is 0 Å². The van der Waals surface area contributed by atoms with Gasteiger partial charge in [0, 0.05) is 23.5 Å². The summed E-state index contributed by atoms with van der Waals surface area (Å²) in [6, 6.07) is 9.91. The first kappa shape index (κ1) is 15.1. The maximum atomic E-state index is 13.1. The van der Waals surface area contributed by atoms with Crippen molar-refractivity contribution < 1.29 is 14.1 Å². The van der Waals surface area contributed by atoms with Gasteiger partial charge in [-0.25, -0.2) is 4.39 Å². The molecule has 4 nitrogen and oxygen atoms in total. The monoisotopic (exact) mass is 288 g/mol. The third-order valence-corrected chi connectivity index (χ3v) is 2.90. The summed E-state index contributed by atoms with van der Waals surface area (Å²) in [5.74, 6) is -0.276. The Balaban J connectivity index is 2.22. The molecule has 0 saturated carbocycles. The molecule has 0 fully saturated rings. The Morgan fingerprint density at radius 3 is 2.57 bits per heavy atom. The topological polar surface area (TPSA) is 38.9 Å². The number of hydrogen-bond donors (Lipinski definition) is 1. The minimum absolute atomic E-state index is 0.276. The largest absolute Gasteiger partial charge is 0.389 e. The van der Waals surface area contributed by atoms with Gasteiger partial charge in [0.25, 0.3) is 0 Å². The fraction of sp³-hybridized carbons (Fsp3) is 0.250. The van der Waals surface area contributed by atoms with Crippen molar-refractivity contribution in [2.75, 3.05) is 27.2 Å². The van der Waals surface area contributed by atoms with Crippen molar-refractivity contribution in [3.05, 3.63) is 65.7 Å². The molecule has 0 aliphatic carbocycles. The Kier molecular flexibility index (Phi) is 5.40. The second kappa shape index (κ2) is 7.50. The van der Waals surface area contributed by atoms with E-state index in [4.69, 9.17) is 4.84 Å². The van der Waals surface area contributed by atoms with Gasteiger partial charge in [-0.15, -0.1) is 0 Å². The van der Waals surface area contributed by atoms with Crippen LogP contribution in [-0.2, 0) is 4.84 Å². The molecule has 1 aromatic carbocycles. The molecule has 2 aromatic rings. The highest BCUT2D eigenvalue weighted by Crippen LogP contribution is 2.11. The highest BCUT2D eigenvalue weighted by Gasteiger charge is 2.08. The van der Waals surface area contributed by atoms with Gasteiger partial charge < -0.3 is 9.74 Å². The van der Waals surface area contributed by atoms with Gasteiger partial charge in [-0.05, 0) is 36.4 Å². The lowest BCUT2D eigenvalue weighted by molar-refractivity contribution is -0.858. The molecular formula is C16H19FN3O+. The van der Waals surface area contributed by atoms with E-state index in [1.165, 1.54) is 17.0 Å². The van der Waals surface area contributed by atoms with Crippen LogP contribution in [0.25, 0.3) is 0 Å². The van der Waals surface area contributed by atoms with Gasteiger partial charge in [-0.2, -0.15) is 0 Å². The van der Waals surface area contributed by atoms with Gasteiger partial charge >= 0.3 is 0 Å². The lowest BCUT2D eigenvalue weighted by Crippen LogP contribution is -3.06. The second-order valence-electron chi connectivity index (χ2n) is 4.98. The first-order valence-corrected chi connectivity index (χ1v) is 6.82. The molecule has 1 heterocycles. The number of aromatic nitrogens is 1. The number of quaternary nitrogens is 1. The van der Waals surface area contributed by atoms with E-state index >= 15 is 0 Å².